The minimum atomic E-state index is -0.301. The number of carbonyl (C=O) groups excluding carboxylic acids is 1. The summed E-state index contributed by atoms with van der Waals surface area (Å²) in [7, 11) is 0. The molecule has 6 heteroatoms. The number of amides is 1. The topological polar surface area (TPSA) is 62.1 Å². The molecule has 3 rings (SSSR count). The van der Waals surface area contributed by atoms with Crippen LogP contribution in [-0.2, 0) is 11.4 Å². The molecule has 0 radical (unpaired) electrons. The largest absolute Gasteiger partial charge is 0.489 e. The number of hydrogen-bond donors (Lipinski definition) is 1. The third-order valence-electron chi connectivity index (χ3n) is 3.76. The number of halogens is 1. The Morgan fingerprint density at radius 2 is 1.86 bits per heavy atom. The molecule has 0 spiro atoms. The zero-order chi connectivity index (χ0) is 19.8. The lowest BCUT2D eigenvalue weighted by Crippen LogP contribution is -2.14. The fraction of sp³-hybridized carbons (Fsp3) is 0.0909. The SMILES string of the molecule is N#Cc1cccc(COc2cccc(NC(=O)CSc3ccc(F)cc3)c2)c1. The van der Waals surface area contributed by atoms with Gasteiger partial charge in [-0.1, -0.05) is 18.2 Å². The molecule has 0 aliphatic carbocycles. The summed E-state index contributed by atoms with van der Waals surface area (Å²) in [5, 5.41) is 11.8. The summed E-state index contributed by atoms with van der Waals surface area (Å²) in [6.07, 6.45) is 0. The summed E-state index contributed by atoms with van der Waals surface area (Å²) < 4.78 is 18.7. The molecule has 0 heterocycles. The average molecular weight is 392 g/mol. The number of ether oxygens (including phenoxy) is 1. The fourth-order valence-corrected chi connectivity index (χ4v) is 3.14. The fourth-order valence-electron chi connectivity index (χ4n) is 2.44. The van der Waals surface area contributed by atoms with E-state index in [2.05, 4.69) is 11.4 Å². The number of rotatable bonds is 7. The first-order chi connectivity index (χ1) is 13.6. The van der Waals surface area contributed by atoms with Gasteiger partial charge in [0.05, 0.1) is 17.4 Å². The van der Waals surface area contributed by atoms with Gasteiger partial charge in [-0.15, -0.1) is 11.8 Å². The lowest BCUT2D eigenvalue weighted by molar-refractivity contribution is -0.113. The predicted octanol–water partition coefficient (Wildman–Crippen LogP) is 5.01. The highest BCUT2D eigenvalue weighted by Gasteiger charge is 2.06. The van der Waals surface area contributed by atoms with Gasteiger partial charge in [0.1, 0.15) is 18.2 Å². The summed E-state index contributed by atoms with van der Waals surface area (Å²) >= 11 is 1.34. The number of hydrogen-bond acceptors (Lipinski definition) is 4. The first-order valence-corrected chi connectivity index (χ1v) is 9.51. The van der Waals surface area contributed by atoms with Gasteiger partial charge in [0.15, 0.2) is 0 Å². The second-order valence-corrected chi connectivity index (χ2v) is 6.97. The molecule has 0 aliphatic rings. The molecule has 28 heavy (non-hydrogen) atoms. The van der Waals surface area contributed by atoms with E-state index in [-0.39, 0.29) is 17.5 Å². The molecule has 0 bridgehead atoms. The van der Waals surface area contributed by atoms with Crippen LogP contribution in [0.25, 0.3) is 0 Å². The van der Waals surface area contributed by atoms with Gasteiger partial charge in [-0.3, -0.25) is 4.79 Å². The van der Waals surface area contributed by atoms with Crippen molar-refractivity contribution >= 4 is 23.4 Å². The molecule has 1 N–H and O–H groups in total. The van der Waals surface area contributed by atoms with Gasteiger partial charge in [0.25, 0.3) is 0 Å². The highest BCUT2D eigenvalue weighted by molar-refractivity contribution is 8.00. The number of nitrogens with one attached hydrogen (secondary N) is 1. The van der Waals surface area contributed by atoms with Crippen LogP contribution in [0.1, 0.15) is 11.1 Å². The number of nitrogens with zero attached hydrogens (tertiary/aromatic N) is 1. The minimum Gasteiger partial charge on any atom is -0.489 e. The molecule has 140 valence electrons. The van der Waals surface area contributed by atoms with Crippen molar-refractivity contribution in [3.8, 4) is 11.8 Å². The van der Waals surface area contributed by atoms with Crippen molar-refractivity contribution in [2.24, 2.45) is 0 Å². The van der Waals surface area contributed by atoms with Crippen LogP contribution in [0.15, 0.2) is 77.7 Å². The maximum absolute atomic E-state index is 12.9. The summed E-state index contributed by atoms with van der Waals surface area (Å²) in [5.41, 5.74) is 2.11. The quantitative estimate of drug-likeness (QED) is 0.574. The molecule has 0 saturated carbocycles. The van der Waals surface area contributed by atoms with Crippen LogP contribution in [0.5, 0.6) is 5.75 Å². The zero-order valence-corrected chi connectivity index (χ0v) is 15.7. The molecular formula is C22H17FN2O2S. The van der Waals surface area contributed by atoms with Gasteiger partial charge in [-0.05, 0) is 54.1 Å². The molecule has 0 atom stereocenters. The molecular weight excluding hydrogens is 375 g/mol. The average Bonchev–Trinajstić information content (AvgIpc) is 2.72. The second kappa shape index (κ2) is 9.58. The van der Waals surface area contributed by atoms with Crippen LogP contribution in [0, 0.1) is 17.1 Å². The molecule has 3 aromatic rings. The van der Waals surface area contributed by atoms with Crippen LogP contribution < -0.4 is 10.1 Å². The predicted molar refractivity (Wildman–Crippen MR) is 108 cm³/mol. The van der Waals surface area contributed by atoms with Crippen LogP contribution in [-0.4, -0.2) is 11.7 Å². The lowest BCUT2D eigenvalue weighted by Gasteiger charge is -2.09. The lowest BCUT2D eigenvalue weighted by atomic mass is 10.1. The van der Waals surface area contributed by atoms with Crippen LogP contribution in [0.2, 0.25) is 0 Å². The highest BCUT2D eigenvalue weighted by Crippen LogP contribution is 2.21. The van der Waals surface area contributed by atoms with Crippen molar-refractivity contribution in [1.82, 2.24) is 0 Å². The van der Waals surface area contributed by atoms with Crippen molar-refractivity contribution in [1.29, 1.82) is 5.26 Å². The number of carbonyl (C=O) groups is 1. The third-order valence-corrected chi connectivity index (χ3v) is 4.77. The number of nitriles is 1. The second-order valence-electron chi connectivity index (χ2n) is 5.92. The maximum Gasteiger partial charge on any atom is 0.234 e. The van der Waals surface area contributed by atoms with Gasteiger partial charge in [-0.2, -0.15) is 5.26 Å². The standard InChI is InChI=1S/C22H17FN2O2S/c23-18-7-9-21(10-8-18)28-15-22(26)25-19-5-2-6-20(12-19)27-14-17-4-1-3-16(11-17)13-24/h1-12H,14-15H2,(H,25,26). The van der Waals surface area contributed by atoms with Crippen LogP contribution >= 0.6 is 11.8 Å². The van der Waals surface area contributed by atoms with Gasteiger partial charge in [0.2, 0.25) is 5.91 Å². The van der Waals surface area contributed by atoms with E-state index in [1.54, 1.807) is 48.5 Å². The summed E-state index contributed by atoms with van der Waals surface area (Å²) in [6, 6.07) is 22.5. The van der Waals surface area contributed by atoms with Crippen LogP contribution in [0.3, 0.4) is 0 Å². The van der Waals surface area contributed by atoms with Crippen LogP contribution in [0.4, 0.5) is 10.1 Å². The Kier molecular flexibility index (Phi) is 6.66. The molecule has 0 saturated heterocycles. The first-order valence-electron chi connectivity index (χ1n) is 8.52. The van der Waals surface area contributed by atoms with E-state index < -0.39 is 0 Å². The maximum atomic E-state index is 12.9. The molecule has 1 amide bonds. The Balaban J connectivity index is 1.53. The van der Waals surface area contributed by atoms with Gasteiger partial charge >= 0.3 is 0 Å². The summed E-state index contributed by atoms with van der Waals surface area (Å²) in [6.45, 7) is 0.327. The third kappa shape index (κ3) is 5.86. The summed E-state index contributed by atoms with van der Waals surface area (Å²) in [4.78, 5) is 13.0. The Morgan fingerprint density at radius 1 is 1.07 bits per heavy atom. The van der Waals surface area contributed by atoms with E-state index in [9.17, 15) is 9.18 Å². The molecule has 4 nitrogen and oxygen atoms in total. The Bertz CT molecular complexity index is 1000. The number of benzene rings is 3. The van der Waals surface area contributed by atoms with E-state index in [1.807, 2.05) is 12.1 Å². The highest BCUT2D eigenvalue weighted by atomic mass is 32.2. The van der Waals surface area contributed by atoms with E-state index in [0.29, 0.717) is 23.6 Å². The van der Waals surface area contributed by atoms with Gasteiger partial charge < -0.3 is 10.1 Å². The molecule has 3 aromatic carbocycles. The smallest absolute Gasteiger partial charge is 0.234 e. The zero-order valence-electron chi connectivity index (χ0n) is 14.9. The van der Waals surface area contributed by atoms with E-state index >= 15 is 0 Å². The Morgan fingerprint density at radius 3 is 2.64 bits per heavy atom. The van der Waals surface area contributed by atoms with Crippen molar-refractivity contribution in [3.05, 3.63) is 89.7 Å². The van der Waals surface area contributed by atoms with Crippen molar-refractivity contribution in [2.75, 3.05) is 11.1 Å². The molecule has 0 fully saturated rings. The monoisotopic (exact) mass is 392 g/mol. The van der Waals surface area contributed by atoms with Crippen molar-refractivity contribution in [2.45, 2.75) is 11.5 Å². The van der Waals surface area contributed by atoms with E-state index in [0.717, 1.165) is 10.5 Å². The number of thioether (sulfide) groups is 1. The number of anilines is 1. The summed E-state index contributed by atoms with van der Waals surface area (Å²) in [5.74, 6) is 0.377. The molecule has 0 unspecified atom stereocenters. The normalized spacial score (nSPS) is 10.1. The van der Waals surface area contributed by atoms with Gasteiger partial charge in [-0.25, -0.2) is 4.39 Å². The van der Waals surface area contributed by atoms with Crippen molar-refractivity contribution in [3.63, 3.8) is 0 Å². The minimum absolute atomic E-state index is 0.159. The Labute approximate surface area is 167 Å². The molecule has 0 aromatic heterocycles. The van der Waals surface area contributed by atoms with Gasteiger partial charge in [0, 0.05) is 16.6 Å². The van der Waals surface area contributed by atoms with E-state index in [4.69, 9.17) is 10.00 Å². The Hall–Kier alpha value is -3.30. The molecule has 0 aliphatic heterocycles. The van der Waals surface area contributed by atoms with Crippen molar-refractivity contribution < 1.29 is 13.9 Å². The van der Waals surface area contributed by atoms with E-state index in [1.165, 1.54) is 23.9 Å². The first kappa shape index (κ1) is 19.5.